The highest BCUT2D eigenvalue weighted by Gasteiger charge is 2.27. The molecule has 2 rings (SSSR count). The SMILES string of the molecule is COC1=CC2=NC=NC(=O)C2C=C1I. The van der Waals surface area contributed by atoms with Gasteiger partial charge in [0.2, 0.25) is 0 Å². The molecule has 1 unspecified atom stereocenters. The van der Waals surface area contributed by atoms with Gasteiger partial charge in [-0.15, -0.1) is 0 Å². The van der Waals surface area contributed by atoms with Gasteiger partial charge in [-0.3, -0.25) is 4.79 Å². The van der Waals surface area contributed by atoms with E-state index >= 15 is 0 Å². The van der Waals surface area contributed by atoms with Crippen molar-refractivity contribution in [2.45, 2.75) is 0 Å². The number of allylic oxidation sites excluding steroid dienone is 2. The second-order valence-electron chi connectivity index (χ2n) is 2.84. The number of halogens is 1. The summed E-state index contributed by atoms with van der Waals surface area (Å²) in [6, 6.07) is 0. The van der Waals surface area contributed by atoms with E-state index in [0.29, 0.717) is 5.71 Å². The molecule has 1 heterocycles. The first-order chi connectivity index (χ1) is 6.72. The molecular weight excluding hydrogens is 295 g/mol. The predicted molar refractivity (Wildman–Crippen MR) is 61.6 cm³/mol. The first kappa shape index (κ1) is 9.57. The number of aliphatic imine (C=N–C) groups is 2. The maximum absolute atomic E-state index is 11.4. The minimum atomic E-state index is -0.328. The van der Waals surface area contributed by atoms with Gasteiger partial charge < -0.3 is 4.74 Å². The topological polar surface area (TPSA) is 51.0 Å². The maximum atomic E-state index is 11.4. The Morgan fingerprint density at radius 3 is 3.07 bits per heavy atom. The molecule has 2 aliphatic rings. The number of methoxy groups -OCH3 is 1. The van der Waals surface area contributed by atoms with Crippen molar-refractivity contribution >= 4 is 40.5 Å². The van der Waals surface area contributed by atoms with E-state index in [2.05, 4.69) is 32.6 Å². The van der Waals surface area contributed by atoms with E-state index < -0.39 is 0 Å². The number of hydrogen-bond acceptors (Lipinski definition) is 3. The van der Waals surface area contributed by atoms with Crippen LogP contribution < -0.4 is 0 Å². The third-order valence-electron chi connectivity index (χ3n) is 2.02. The van der Waals surface area contributed by atoms with Gasteiger partial charge in [0, 0.05) is 6.08 Å². The molecule has 1 atom stereocenters. The summed E-state index contributed by atoms with van der Waals surface area (Å²) in [6.45, 7) is 0. The second kappa shape index (κ2) is 3.64. The molecule has 0 saturated carbocycles. The number of nitrogens with zero attached hydrogens (tertiary/aromatic N) is 2. The summed E-state index contributed by atoms with van der Waals surface area (Å²) in [6.07, 6.45) is 4.87. The highest BCUT2D eigenvalue weighted by Crippen LogP contribution is 2.28. The Hall–Kier alpha value is -0.980. The minimum absolute atomic E-state index is 0.171. The van der Waals surface area contributed by atoms with Crippen molar-refractivity contribution in [2.75, 3.05) is 7.11 Å². The number of carbonyl (C=O) groups excluding carboxylic acids is 1. The van der Waals surface area contributed by atoms with E-state index in [1.54, 1.807) is 13.2 Å². The molecule has 0 aromatic heterocycles. The van der Waals surface area contributed by atoms with Crippen LogP contribution in [0, 0.1) is 5.92 Å². The van der Waals surface area contributed by atoms with Gasteiger partial charge in [0.25, 0.3) is 5.91 Å². The zero-order valence-corrected chi connectivity index (χ0v) is 9.56. The molecule has 1 aliphatic carbocycles. The Balaban J connectivity index is 2.43. The molecule has 0 radical (unpaired) electrons. The van der Waals surface area contributed by atoms with Crippen molar-refractivity contribution in [3.63, 3.8) is 0 Å². The second-order valence-corrected chi connectivity index (χ2v) is 4.00. The lowest BCUT2D eigenvalue weighted by Crippen LogP contribution is -2.25. The van der Waals surface area contributed by atoms with E-state index in [-0.39, 0.29) is 11.8 Å². The molecule has 0 spiro atoms. The van der Waals surface area contributed by atoms with E-state index in [1.165, 1.54) is 6.34 Å². The molecule has 1 amide bonds. The monoisotopic (exact) mass is 302 g/mol. The fraction of sp³-hybridized carbons (Fsp3) is 0.222. The fourth-order valence-corrected chi connectivity index (χ4v) is 2.05. The summed E-state index contributed by atoms with van der Waals surface area (Å²) in [7, 11) is 1.60. The van der Waals surface area contributed by atoms with Crippen molar-refractivity contribution in [2.24, 2.45) is 15.9 Å². The number of hydrogen-bond donors (Lipinski definition) is 0. The molecule has 14 heavy (non-hydrogen) atoms. The Kier molecular flexibility index (Phi) is 2.49. The van der Waals surface area contributed by atoms with Crippen LogP contribution in [-0.2, 0) is 9.53 Å². The van der Waals surface area contributed by atoms with Gasteiger partial charge in [0.05, 0.1) is 16.4 Å². The highest BCUT2D eigenvalue weighted by atomic mass is 127. The van der Waals surface area contributed by atoms with Gasteiger partial charge in [-0.2, -0.15) is 0 Å². The molecule has 72 valence electrons. The summed E-state index contributed by atoms with van der Waals surface area (Å²) in [5.41, 5.74) is 0.697. The van der Waals surface area contributed by atoms with Crippen molar-refractivity contribution in [1.29, 1.82) is 0 Å². The van der Waals surface area contributed by atoms with Crippen LogP contribution >= 0.6 is 22.6 Å². The average Bonchev–Trinajstić information content (AvgIpc) is 2.19. The zero-order chi connectivity index (χ0) is 10.1. The first-order valence-electron chi connectivity index (χ1n) is 4.00. The maximum Gasteiger partial charge on any atom is 0.260 e. The van der Waals surface area contributed by atoms with Crippen LogP contribution in [0.5, 0.6) is 0 Å². The van der Waals surface area contributed by atoms with Crippen molar-refractivity contribution in [3.05, 3.63) is 21.5 Å². The van der Waals surface area contributed by atoms with Crippen LogP contribution in [0.1, 0.15) is 0 Å². The molecule has 1 aliphatic heterocycles. The largest absolute Gasteiger partial charge is 0.496 e. The normalized spacial score (nSPS) is 24.9. The molecule has 5 heteroatoms. The average molecular weight is 302 g/mol. The lowest BCUT2D eigenvalue weighted by atomic mass is 9.96. The number of amides is 1. The van der Waals surface area contributed by atoms with Gasteiger partial charge >= 0.3 is 0 Å². The molecular formula is C9H7IN2O2. The first-order valence-corrected chi connectivity index (χ1v) is 5.07. The van der Waals surface area contributed by atoms with Crippen LogP contribution in [0.4, 0.5) is 0 Å². The highest BCUT2D eigenvalue weighted by molar-refractivity contribution is 14.1. The minimum Gasteiger partial charge on any atom is -0.496 e. The smallest absolute Gasteiger partial charge is 0.260 e. The van der Waals surface area contributed by atoms with Crippen molar-refractivity contribution in [1.82, 2.24) is 0 Å². The Morgan fingerprint density at radius 2 is 2.36 bits per heavy atom. The predicted octanol–water partition coefficient (Wildman–Crippen LogP) is 1.47. The van der Waals surface area contributed by atoms with E-state index in [4.69, 9.17) is 4.74 Å². The van der Waals surface area contributed by atoms with Crippen molar-refractivity contribution in [3.8, 4) is 0 Å². The number of rotatable bonds is 1. The van der Waals surface area contributed by atoms with Gasteiger partial charge in [-0.25, -0.2) is 9.98 Å². The van der Waals surface area contributed by atoms with Crippen LogP contribution in [0.25, 0.3) is 0 Å². The quantitative estimate of drug-likeness (QED) is 0.689. The van der Waals surface area contributed by atoms with Crippen LogP contribution in [0.15, 0.2) is 31.5 Å². The summed E-state index contributed by atoms with van der Waals surface area (Å²) >= 11 is 2.13. The fourth-order valence-electron chi connectivity index (χ4n) is 1.31. The number of carbonyl (C=O) groups is 1. The van der Waals surface area contributed by atoms with Crippen LogP contribution in [0.2, 0.25) is 0 Å². The third-order valence-corrected chi connectivity index (χ3v) is 2.91. The van der Waals surface area contributed by atoms with Gasteiger partial charge in [0.1, 0.15) is 18.0 Å². The summed E-state index contributed by atoms with van der Waals surface area (Å²) in [5, 5.41) is 0. The lowest BCUT2D eigenvalue weighted by molar-refractivity contribution is -0.118. The van der Waals surface area contributed by atoms with Crippen molar-refractivity contribution < 1.29 is 9.53 Å². The lowest BCUT2D eigenvalue weighted by Gasteiger charge is -2.18. The summed E-state index contributed by atoms with van der Waals surface area (Å²) in [5.74, 6) is 0.241. The molecule has 0 bridgehead atoms. The number of ether oxygens (including phenoxy) is 1. The Labute approximate surface area is 94.6 Å². The van der Waals surface area contributed by atoms with E-state index in [0.717, 1.165) is 9.34 Å². The Bertz CT molecular complexity index is 407. The third kappa shape index (κ3) is 1.52. The van der Waals surface area contributed by atoms with E-state index in [1.807, 2.05) is 6.08 Å². The van der Waals surface area contributed by atoms with Gasteiger partial charge in [-0.1, -0.05) is 0 Å². The standard InChI is InChI=1S/C9H7IN2O2/c1-14-8-3-7-5(2-6(8)10)9(13)12-4-11-7/h2-5H,1H3. The summed E-state index contributed by atoms with van der Waals surface area (Å²) in [4.78, 5) is 19.0. The zero-order valence-electron chi connectivity index (χ0n) is 7.40. The van der Waals surface area contributed by atoms with Crippen LogP contribution in [-0.4, -0.2) is 25.1 Å². The molecule has 0 fully saturated rings. The molecule has 0 N–H and O–H groups in total. The molecule has 0 aromatic carbocycles. The molecule has 0 saturated heterocycles. The van der Waals surface area contributed by atoms with E-state index in [9.17, 15) is 4.79 Å². The number of fused-ring (bicyclic) bond motifs is 1. The Morgan fingerprint density at radius 1 is 1.57 bits per heavy atom. The van der Waals surface area contributed by atoms with Gasteiger partial charge in [0.15, 0.2) is 0 Å². The van der Waals surface area contributed by atoms with Gasteiger partial charge in [-0.05, 0) is 28.7 Å². The summed E-state index contributed by atoms with van der Waals surface area (Å²) < 4.78 is 6.05. The molecule has 0 aromatic rings. The van der Waals surface area contributed by atoms with Crippen LogP contribution in [0.3, 0.4) is 0 Å². The molecule has 4 nitrogen and oxygen atoms in total.